The number of methoxy groups -OCH3 is 1. The maximum Gasteiger partial charge on any atom is 0.318 e. The zero-order valence-electron chi connectivity index (χ0n) is 23.2. The standard InChI is InChI=1S/C30H40N6O3/c1-22-27(37-2)20-23-6-3-4-7-24(23)28(22)36-12-8-25-26(21-36)32-30(33-29(25)35-13-9-31-10-14-35)39-17-5-11-34-15-18-38-19-16-34/h3-4,6-7,20,31H,5,8-19,21H2,1-2H3. The van der Waals surface area contributed by atoms with Gasteiger partial charge in [-0.1, -0.05) is 24.3 Å². The Bertz CT molecular complexity index is 1290. The van der Waals surface area contributed by atoms with Gasteiger partial charge in [0, 0.05) is 68.9 Å². The molecule has 2 fully saturated rings. The van der Waals surface area contributed by atoms with Crippen molar-refractivity contribution in [3.05, 3.63) is 47.2 Å². The topological polar surface area (TPSA) is 75.2 Å². The number of ether oxygens (including phenoxy) is 3. The second kappa shape index (κ2) is 11.9. The Balaban J connectivity index is 1.27. The van der Waals surface area contributed by atoms with E-state index in [1.165, 1.54) is 22.0 Å². The van der Waals surface area contributed by atoms with Gasteiger partial charge in [0.25, 0.3) is 0 Å². The lowest BCUT2D eigenvalue weighted by molar-refractivity contribution is 0.0356. The lowest BCUT2D eigenvalue weighted by Crippen LogP contribution is -2.45. The number of hydrogen-bond donors (Lipinski definition) is 1. The van der Waals surface area contributed by atoms with Crippen molar-refractivity contribution in [2.75, 3.05) is 89.1 Å². The highest BCUT2D eigenvalue weighted by Gasteiger charge is 2.28. The lowest BCUT2D eigenvalue weighted by Gasteiger charge is -2.36. The van der Waals surface area contributed by atoms with Crippen LogP contribution in [0.25, 0.3) is 10.8 Å². The normalized spacial score (nSPS) is 18.3. The molecule has 0 atom stereocenters. The summed E-state index contributed by atoms with van der Waals surface area (Å²) in [5.74, 6) is 1.97. The van der Waals surface area contributed by atoms with Crippen LogP contribution in [0.3, 0.4) is 0 Å². The predicted molar refractivity (Wildman–Crippen MR) is 154 cm³/mol. The Morgan fingerprint density at radius 2 is 1.82 bits per heavy atom. The highest BCUT2D eigenvalue weighted by Crippen LogP contribution is 2.40. The van der Waals surface area contributed by atoms with Crippen LogP contribution in [0.5, 0.6) is 11.8 Å². The van der Waals surface area contributed by atoms with Crippen LogP contribution in [-0.4, -0.2) is 94.2 Å². The van der Waals surface area contributed by atoms with E-state index in [1.54, 1.807) is 7.11 Å². The molecule has 0 bridgehead atoms. The van der Waals surface area contributed by atoms with Gasteiger partial charge in [0.15, 0.2) is 0 Å². The zero-order valence-corrected chi connectivity index (χ0v) is 23.2. The van der Waals surface area contributed by atoms with E-state index in [0.717, 1.165) is 108 Å². The Morgan fingerprint density at radius 3 is 2.64 bits per heavy atom. The van der Waals surface area contributed by atoms with Crippen molar-refractivity contribution in [2.45, 2.75) is 26.3 Å². The van der Waals surface area contributed by atoms with E-state index in [0.29, 0.717) is 12.6 Å². The molecule has 0 saturated carbocycles. The second-order valence-electron chi connectivity index (χ2n) is 10.6. The summed E-state index contributed by atoms with van der Waals surface area (Å²) in [7, 11) is 1.75. The van der Waals surface area contributed by atoms with Gasteiger partial charge in [-0.15, -0.1) is 0 Å². The van der Waals surface area contributed by atoms with Crippen LogP contribution in [0, 0.1) is 6.92 Å². The van der Waals surface area contributed by atoms with Crippen molar-refractivity contribution in [1.29, 1.82) is 0 Å². The van der Waals surface area contributed by atoms with Gasteiger partial charge in [-0.3, -0.25) is 4.90 Å². The third-order valence-electron chi connectivity index (χ3n) is 8.16. The van der Waals surface area contributed by atoms with E-state index in [9.17, 15) is 0 Å². The summed E-state index contributed by atoms with van der Waals surface area (Å²) in [6, 6.07) is 11.2. The molecule has 0 amide bonds. The van der Waals surface area contributed by atoms with E-state index >= 15 is 0 Å². The first-order chi connectivity index (χ1) is 19.2. The number of anilines is 2. The smallest absolute Gasteiger partial charge is 0.318 e. The van der Waals surface area contributed by atoms with E-state index in [-0.39, 0.29) is 0 Å². The SMILES string of the molecule is COc1cc2ccccc2c(N2CCc3c(nc(OCCCN4CCOCC4)nc3N3CCNCC3)C2)c1C. The quantitative estimate of drug-likeness (QED) is 0.441. The van der Waals surface area contributed by atoms with Crippen molar-refractivity contribution in [2.24, 2.45) is 0 Å². The molecule has 3 aliphatic heterocycles. The molecule has 208 valence electrons. The van der Waals surface area contributed by atoms with Crippen molar-refractivity contribution in [3.63, 3.8) is 0 Å². The third kappa shape index (κ3) is 5.62. The summed E-state index contributed by atoms with van der Waals surface area (Å²) in [5, 5.41) is 5.90. The summed E-state index contributed by atoms with van der Waals surface area (Å²) < 4.78 is 17.5. The molecular weight excluding hydrogens is 492 g/mol. The fourth-order valence-electron chi connectivity index (χ4n) is 6.08. The average molecular weight is 533 g/mol. The number of rotatable bonds is 8. The molecule has 0 unspecified atom stereocenters. The fraction of sp³-hybridized carbons (Fsp3) is 0.533. The molecule has 0 spiro atoms. The Hall–Kier alpha value is -3.14. The molecule has 0 aliphatic carbocycles. The second-order valence-corrected chi connectivity index (χ2v) is 10.6. The van der Waals surface area contributed by atoms with Crippen LogP contribution >= 0.6 is 0 Å². The summed E-state index contributed by atoms with van der Waals surface area (Å²) in [5.41, 5.74) is 4.72. The number of nitrogens with one attached hydrogen (secondary N) is 1. The number of morpholine rings is 1. The first-order valence-corrected chi connectivity index (χ1v) is 14.3. The minimum Gasteiger partial charge on any atom is -0.496 e. The van der Waals surface area contributed by atoms with Crippen LogP contribution < -0.4 is 24.6 Å². The van der Waals surface area contributed by atoms with E-state index < -0.39 is 0 Å². The summed E-state index contributed by atoms with van der Waals surface area (Å²) in [4.78, 5) is 17.3. The largest absolute Gasteiger partial charge is 0.496 e. The Labute approximate surface area is 231 Å². The van der Waals surface area contributed by atoms with Crippen molar-refractivity contribution in [1.82, 2.24) is 20.2 Å². The predicted octanol–water partition coefficient (Wildman–Crippen LogP) is 3.02. The zero-order chi connectivity index (χ0) is 26.6. The number of piperazine rings is 1. The molecule has 9 heteroatoms. The third-order valence-corrected chi connectivity index (χ3v) is 8.16. The van der Waals surface area contributed by atoms with Gasteiger partial charge >= 0.3 is 6.01 Å². The number of benzene rings is 2. The molecule has 3 aliphatic rings. The molecule has 2 aromatic carbocycles. The molecule has 2 saturated heterocycles. The number of fused-ring (bicyclic) bond motifs is 2. The first-order valence-electron chi connectivity index (χ1n) is 14.3. The van der Waals surface area contributed by atoms with Crippen LogP contribution in [0.1, 0.15) is 23.2 Å². The molecule has 1 aromatic heterocycles. The molecule has 1 N–H and O–H groups in total. The maximum absolute atomic E-state index is 6.21. The van der Waals surface area contributed by atoms with Crippen LogP contribution in [0.2, 0.25) is 0 Å². The molecule has 39 heavy (non-hydrogen) atoms. The molecule has 4 heterocycles. The van der Waals surface area contributed by atoms with Crippen molar-refractivity contribution in [3.8, 4) is 11.8 Å². The summed E-state index contributed by atoms with van der Waals surface area (Å²) in [6.07, 6.45) is 1.85. The summed E-state index contributed by atoms with van der Waals surface area (Å²) in [6.45, 7) is 12.9. The molecule has 0 radical (unpaired) electrons. The minimum absolute atomic E-state index is 0.498. The number of nitrogens with zero attached hydrogens (tertiary/aromatic N) is 5. The molecule has 6 rings (SSSR count). The maximum atomic E-state index is 6.21. The van der Waals surface area contributed by atoms with Gasteiger partial charge in [-0.05, 0) is 31.2 Å². The monoisotopic (exact) mass is 532 g/mol. The van der Waals surface area contributed by atoms with Crippen LogP contribution in [-0.2, 0) is 17.7 Å². The number of aromatic nitrogens is 2. The molecular formula is C30H40N6O3. The fourth-order valence-corrected chi connectivity index (χ4v) is 6.08. The number of hydrogen-bond acceptors (Lipinski definition) is 9. The van der Waals surface area contributed by atoms with Gasteiger partial charge in [-0.25, -0.2) is 0 Å². The lowest BCUT2D eigenvalue weighted by atomic mass is 9.99. The van der Waals surface area contributed by atoms with Gasteiger partial charge in [0.2, 0.25) is 0 Å². The van der Waals surface area contributed by atoms with Crippen molar-refractivity contribution < 1.29 is 14.2 Å². The molecule has 3 aromatic rings. The van der Waals surface area contributed by atoms with E-state index in [4.69, 9.17) is 24.2 Å². The minimum atomic E-state index is 0.498. The van der Waals surface area contributed by atoms with Gasteiger partial charge in [0.1, 0.15) is 11.6 Å². The van der Waals surface area contributed by atoms with Gasteiger partial charge < -0.3 is 29.3 Å². The Kier molecular flexibility index (Phi) is 7.99. The average Bonchev–Trinajstić information content (AvgIpc) is 2.99. The van der Waals surface area contributed by atoms with E-state index in [1.807, 2.05) is 0 Å². The first kappa shape index (κ1) is 26.1. The van der Waals surface area contributed by atoms with Gasteiger partial charge in [0.05, 0.1) is 44.9 Å². The molecule has 9 nitrogen and oxygen atoms in total. The van der Waals surface area contributed by atoms with Crippen LogP contribution in [0.15, 0.2) is 30.3 Å². The van der Waals surface area contributed by atoms with Gasteiger partial charge in [-0.2, -0.15) is 9.97 Å². The highest BCUT2D eigenvalue weighted by molar-refractivity contribution is 5.97. The van der Waals surface area contributed by atoms with Crippen LogP contribution in [0.4, 0.5) is 11.5 Å². The van der Waals surface area contributed by atoms with E-state index in [2.05, 4.69) is 57.3 Å². The van der Waals surface area contributed by atoms with Crippen molar-refractivity contribution >= 4 is 22.3 Å². The summed E-state index contributed by atoms with van der Waals surface area (Å²) >= 11 is 0. The Morgan fingerprint density at radius 1 is 1.00 bits per heavy atom. The highest BCUT2D eigenvalue weighted by atomic mass is 16.5.